The van der Waals surface area contributed by atoms with Crippen LogP contribution in [0.4, 0.5) is 0 Å². The summed E-state index contributed by atoms with van der Waals surface area (Å²) < 4.78 is 32.7. The molecule has 8 heteroatoms. The lowest BCUT2D eigenvalue weighted by molar-refractivity contribution is -0.121. The number of carbonyl (C=O) groups excluding carboxylic acids is 1. The van der Waals surface area contributed by atoms with E-state index in [0.717, 1.165) is 15.4 Å². The van der Waals surface area contributed by atoms with Crippen LogP contribution in [0.25, 0.3) is 0 Å². The number of hydrogen-bond acceptors (Lipinski definition) is 4. The van der Waals surface area contributed by atoms with E-state index in [4.69, 9.17) is 16.0 Å². The summed E-state index contributed by atoms with van der Waals surface area (Å²) in [5, 5.41) is 3.24. The molecular weight excluding hydrogens is 412 g/mol. The number of amides is 1. The average molecular weight is 433 g/mol. The maximum absolute atomic E-state index is 13.2. The van der Waals surface area contributed by atoms with Gasteiger partial charge >= 0.3 is 0 Å². The fraction of sp³-hybridized carbons (Fsp3) is 0.190. The lowest BCUT2D eigenvalue weighted by Crippen LogP contribution is -2.40. The molecule has 3 aromatic rings. The summed E-state index contributed by atoms with van der Waals surface area (Å²) in [7, 11) is -3.88. The summed E-state index contributed by atoms with van der Waals surface area (Å²) >= 11 is 5.92. The van der Waals surface area contributed by atoms with Gasteiger partial charge in [-0.25, -0.2) is 8.42 Å². The van der Waals surface area contributed by atoms with Crippen molar-refractivity contribution in [3.8, 4) is 0 Å². The Morgan fingerprint density at radius 3 is 2.38 bits per heavy atom. The highest BCUT2D eigenvalue weighted by molar-refractivity contribution is 7.89. The molecule has 0 aliphatic heterocycles. The number of benzene rings is 2. The molecule has 1 amide bonds. The van der Waals surface area contributed by atoms with Crippen molar-refractivity contribution in [2.24, 2.45) is 0 Å². The number of hydrogen-bond donors (Lipinski definition) is 1. The normalized spacial score (nSPS) is 11.6. The fourth-order valence-corrected chi connectivity index (χ4v) is 4.20. The molecule has 0 saturated carbocycles. The first-order valence-electron chi connectivity index (χ1n) is 8.95. The van der Waals surface area contributed by atoms with E-state index in [9.17, 15) is 13.2 Å². The lowest BCUT2D eigenvalue weighted by Gasteiger charge is -2.22. The Kier molecular flexibility index (Phi) is 6.74. The van der Waals surface area contributed by atoms with Gasteiger partial charge in [0.25, 0.3) is 0 Å². The van der Waals surface area contributed by atoms with Crippen molar-refractivity contribution in [1.82, 2.24) is 9.62 Å². The van der Waals surface area contributed by atoms with Crippen molar-refractivity contribution in [3.63, 3.8) is 0 Å². The number of sulfonamides is 1. The molecule has 0 unspecified atom stereocenters. The van der Waals surface area contributed by atoms with E-state index in [2.05, 4.69) is 5.32 Å². The van der Waals surface area contributed by atoms with Crippen LogP contribution in [0.1, 0.15) is 16.9 Å². The molecule has 0 atom stereocenters. The third-order valence-electron chi connectivity index (χ3n) is 4.29. The van der Waals surface area contributed by atoms with Gasteiger partial charge in [0.2, 0.25) is 15.9 Å². The Morgan fingerprint density at radius 2 is 1.76 bits per heavy atom. The number of aryl methyl sites for hydroxylation is 1. The second-order valence-electron chi connectivity index (χ2n) is 6.57. The predicted molar refractivity (Wildman–Crippen MR) is 111 cm³/mol. The van der Waals surface area contributed by atoms with E-state index >= 15 is 0 Å². The van der Waals surface area contributed by atoms with E-state index in [-0.39, 0.29) is 24.5 Å². The summed E-state index contributed by atoms with van der Waals surface area (Å²) in [4.78, 5) is 12.6. The van der Waals surface area contributed by atoms with Crippen LogP contribution in [0.2, 0.25) is 5.02 Å². The van der Waals surface area contributed by atoms with Crippen LogP contribution in [0.3, 0.4) is 0 Å². The van der Waals surface area contributed by atoms with Crippen molar-refractivity contribution in [3.05, 3.63) is 88.8 Å². The van der Waals surface area contributed by atoms with Crippen LogP contribution < -0.4 is 5.32 Å². The zero-order valence-corrected chi connectivity index (χ0v) is 17.4. The highest BCUT2D eigenvalue weighted by Gasteiger charge is 2.27. The van der Waals surface area contributed by atoms with Crippen molar-refractivity contribution >= 4 is 27.5 Å². The summed E-state index contributed by atoms with van der Waals surface area (Å²) in [6.07, 6.45) is 1.51. The van der Waals surface area contributed by atoms with Crippen molar-refractivity contribution < 1.29 is 17.6 Å². The first kappa shape index (κ1) is 21.1. The summed E-state index contributed by atoms with van der Waals surface area (Å²) in [5.41, 5.74) is 1.67. The van der Waals surface area contributed by atoms with Gasteiger partial charge in [-0.1, -0.05) is 41.4 Å². The molecule has 0 spiro atoms. The monoisotopic (exact) mass is 432 g/mol. The Hall–Kier alpha value is -2.61. The molecule has 152 valence electrons. The van der Waals surface area contributed by atoms with Gasteiger partial charge in [-0.3, -0.25) is 4.79 Å². The van der Waals surface area contributed by atoms with Crippen LogP contribution in [-0.4, -0.2) is 25.2 Å². The van der Waals surface area contributed by atoms with Crippen LogP contribution in [0, 0.1) is 6.92 Å². The van der Waals surface area contributed by atoms with E-state index in [0.29, 0.717) is 10.8 Å². The van der Waals surface area contributed by atoms with Crippen LogP contribution in [0.15, 0.2) is 76.2 Å². The maximum atomic E-state index is 13.2. The molecular formula is C21H21ClN2O4S. The third-order valence-corrected chi connectivity index (χ3v) is 6.35. The Bertz CT molecular complexity index is 1050. The van der Waals surface area contributed by atoms with Gasteiger partial charge in [0.05, 0.1) is 24.2 Å². The Balaban J connectivity index is 1.81. The molecule has 1 heterocycles. The molecule has 0 bridgehead atoms. The standard InChI is InChI=1S/C21H21ClN2O4S/c1-16-4-10-20(11-5-16)29(26,27)24(14-17-6-8-18(22)9-7-17)15-21(25)23-13-19-3-2-12-28-19/h2-12H,13-15H2,1H3,(H,23,25). The average Bonchev–Trinajstić information content (AvgIpc) is 3.21. The number of nitrogens with one attached hydrogen (secondary N) is 1. The van der Waals surface area contributed by atoms with E-state index in [1.165, 1.54) is 6.26 Å². The molecule has 0 aliphatic rings. The highest BCUT2D eigenvalue weighted by Crippen LogP contribution is 2.20. The van der Waals surface area contributed by atoms with Gasteiger partial charge in [0.15, 0.2) is 0 Å². The molecule has 0 saturated heterocycles. The molecule has 29 heavy (non-hydrogen) atoms. The summed E-state index contributed by atoms with van der Waals surface area (Å²) in [5.74, 6) is 0.162. The quantitative estimate of drug-likeness (QED) is 0.588. The van der Waals surface area contributed by atoms with Gasteiger partial charge in [0, 0.05) is 11.6 Å². The van der Waals surface area contributed by atoms with Crippen LogP contribution in [-0.2, 0) is 27.9 Å². The Labute approximate surface area is 175 Å². The first-order chi connectivity index (χ1) is 13.8. The molecule has 6 nitrogen and oxygen atoms in total. The molecule has 1 N–H and O–H groups in total. The fourth-order valence-electron chi connectivity index (χ4n) is 2.69. The summed E-state index contributed by atoms with van der Waals surface area (Å²) in [6.45, 7) is 1.79. The minimum absolute atomic E-state index is 0.0432. The molecule has 3 rings (SSSR count). The van der Waals surface area contributed by atoms with Crippen molar-refractivity contribution in [2.45, 2.75) is 24.9 Å². The molecule has 0 radical (unpaired) electrons. The number of rotatable bonds is 8. The van der Waals surface area contributed by atoms with Gasteiger partial charge in [-0.2, -0.15) is 4.31 Å². The minimum atomic E-state index is -3.88. The van der Waals surface area contributed by atoms with E-state index in [1.807, 2.05) is 6.92 Å². The second-order valence-corrected chi connectivity index (χ2v) is 8.94. The highest BCUT2D eigenvalue weighted by atomic mass is 35.5. The number of furan rings is 1. The number of carbonyl (C=O) groups is 1. The third kappa shape index (κ3) is 5.69. The van der Waals surface area contributed by atoms with Gasteiger partial charge in [-0.05, 0) is 48.9 Å². The van der Waals surface area contributed by atoms with Gasteiger partial charge < -0.3 is 9.73 Å². The van der Waals surface area contributed by atoms with Gasteiger partial charge in [0.1, 0.15) is 5.76 Å². The topological polar surface area (TPSA) is 79.6 Å². The first-order valence-corrected chi connectivity index (χ1v) is 10.8. The minimum Gasteiger partial charge on any atom is -0.467 e. The van der Waals surface area contributed by atoms with E-state index in [1.54, 1.807) is 60.7 Å². The zero-order chi connectivity index (χ0) is 20.9. The molecule has 1 aromatic heterocycles. The predicted octanol–water partition coefficient (Wildman–Crippen LogP) is 3.75. The SMILES string of the molecule is Cc1ccc(S(=O)(=O)N(CC(=O)NCc2ccco2)Cc2ccc(Cl)cc2)cc1. The van der Waals surface area contributed by atoms with Crippen molar-refractivity contribution in [1.29, 1.82) is 0 Å². The summed E-state index contributed by atoms with van der Waals surface area (Å²) in [6, 6.07) is 16.8. The number of halogens is 1. The Morgan fingerprint density at radius 1 is 1.07 bits per heavy atom. The largest absolute Gasteiger partial charge is 0.467 e. The van der Waals surface area contributed by atoms with Gasteiger partial charge in [-0.15, -0.1) is 0 Å². The van der Waals surface area contributed by atoms with Crippen LogP contribution in [0.5, 0.6) is 0 Å². The van der Waals surface area contributed by atoms with Crippen molar-refractivity contribution in [2.75, 3.05) is 6.54 Å². The molecule has 0 fully saturated rings. The second kappa shape index (κ2) is 9.26. The zero-order valence-electron chi connectivity index (χ0n) is 15.8. The van der Waals surface area contributed by atoms with E-state index < -0.39 is 15.9 Å². The molecule has 0 aliphatic carbocycles. The smallest absolute Gasteiger partial charge is 0.243 e. The maximum Gasteiger partial charge on any atom is 0.243 e. The lowest BCUT2D eigenvalue weighted by atomic mass is 10.2. The van der Waals surface area contributed by atoms with Crippen LogP contribution >= 0.6 is 11.6 Å². The molecule has 2 aromatic carbocycles. The number of nitrogens with zero attached hydrogens (tertiary/aromatic N) is 1.